The first-order valence-corrected chi connectivity index (χ1v) is 36.6. The van der Waals surface area contributed by atoms with Crippen LogP contribution in [0.3, 0.4) is 0 Å². The average molecular weight is 1150 g/mol. The maximum absolute atomic E-state index is 13.0. The highest BCUT2D eigenvalue weighted by molar-refractivity contribution is 5.71. The molecule has 0 N–H and O–H groups in total. The number of carbonyl (C=O) groups is 3. The zero-order valence-electron chi connectivity index (χ0n) is 55.3. The molecule has 0 aromatic rings. The van der Waals surface area contributed by atoms with Crippen LogP contribution in [0, 0.1) is 0 Å². The van der Waals surface area contributed by atoms with Gasteiger partial charge in [-0.2, -0.15) is 0 Å². The molecule has 82 heavy (non-hydrogen) atoms. The van der Waals surface area contributed by atoms with E-state index < -0.39 is 6.10 Å². The van der Waals surface area contributed by atoms with Crippen LogP contribution in [0.2, 0.25) is 0 Å². The van der Waals surface area contributed by atoms with Crippen molar-refractivity contribution in [2.24, 2.45) is 0 Å². The molecule has 1 atom stereocenters. The summed E-state index contributed by atoms with van der Waals surface area (Å²) in [6, 6.07) is 0. The maximum atomic E-state index is 13.0. The molecule has 0 aromatic carbocycles. The minimum Gasteiger partial charge on any atom is -0.462 e. The van der Waals surface area contributed by atoms with Crippen LogP contribution in [0.5, 0.6) is 0 Å². The number of unbranched alkanes of at least 4 members (excludes halogenated alkanes) is 49. The molecule has 0 aliphatic heterocycles. The molecular formula is C76H140O6. The van der Waals surface area contributed by atoms with Gasteiger partial charge in [-0.1, -0.05) is 371 Å². The van der Waals surface area contributed by atoms with Gasteiger partial charge in [-0.3, -0.25) is 14.4 Å². The van der Waals surface area contributed by atoms with Gasteiger partial charge in [-0.25, -0.2) is 0 Å². The molecular weight excluding hydrogens is 1010 g/mol. The Kier molecular flexibility index (Phi) is 68.6. The van der Waals surface area contributed by atoms with Crippen LogP contribution in [0.15, 0.2) is 48.6 Å². The van der Waals surface area contributed by atoms with Gasteiger partial charge in [0.2, 0.25) is 0 Å². The Morgan fingerprint density at radius 1 is 0.256 bits per heavy atom. The smallest absolute Gasteiger partial charge is 0.306 e. The zero-order chi connectivity index (χ0) is 59.2. The number of allylic oxidation sites excluding steroid dienone is 8. The lowest BCUT2D eigenvalue weighted by Gasteiger charge is -2.18. The molecule has 1 unspecified atom stereocenters. The fourth-order valence-electron chi connectivity index (χ4n) is 11.1. The van der Waals surface area contributed by atoms with Crippen LogP contribution >= 0.6 is 0 Å². The van der Waals surface area contributed by atoms with Crippen LogP contribution in [-0.2, 0) is 28.6 Å². The molecule has 0 aliphatic rings. The van der Waals surface area contributed by atoms with E-state index in [1.807, 2.05) is 0 Å². The second-order valence-electron chi connectivity index (χ2n) is 24.8. The van der Waals surface area contributed by atoms with Crippen molar-refractivity contribution >= 4 is 17.9 Å². The molecule has 0 spiro atoms. The fraction of sp³-hybridized carbons (Fsp3) is 0.855. The van der Waals surface area contributed by atoms with Crippen molar-refractivity contribution in [3.8, 4) is 0 Å². The van der Waals surface area contributed by atoms with Gasteiger partial charge in [-0.15, -0.1) is 0 Å². The number of carbonyl (C=O) groups excluding carboxylic acids is 3. The van der Waals surface area contributed by atoms with Crippen LogP contribution in [-0.4, -0.2) is 37.2 Å². The lowest BCUT2D eigenvalue weighted by atomic mass is 10.0. The van der Waals surface area contributed by atoms with Crippen molar-refractivity contribution in [2.75, 3.05) is 13.2 Å². The van der Waals surface area contributed by atoms with Gasteiger partial charge in [0.05, 0.1) is 0 Å². The minimum atomic E-state index is -0.789. The summed E-state index contributed by atoms with van der Waals surface area (Å²) >= 11 is 0. The van der Waals surface area contributed by atoms with Gasteiger partial charge in [0.15, 0.2) is 6.10 Å². The first-order chi connectivity index (χ1) is 40.5. The molecule has 0 saturated carbocycles. The van der Waals surface area contributed by atoms with Crippen molar-refractivity contribution in [1.82, 2.24) is 0 Å². The van der Waals surface area contributed by atoms with E-state index in [0.717, 1.165) is 83.5 Å². The summed E-state index contributed by atoms with van der Waals surface area (Å²) in [7, 11) is 0. The summed E-state index contributed by atoms with van der Waals surface area (Å²) in [5, 5.41) is 0. The Balaban J connectivity index is 4.24. The predicted octanol–water partition coefficient (Wildman–Crippen LogP) is 25.3. The van der Waals surface area contributed by atoms with Gasteiger partial charge >= 0.3 is 17.9 Å². The number of hydrogen-bond acceptors (Lipinski definition) is 6. The van der Waals surface area contributed by atoms with E-state index in [9.17, 15) is 14.4 Å². The van der Waals surface area contributed by atoms with E-state index in [4.69, 9.17) is 14.2 Å². The van der Waals surface area contributed by atoms with Gasteiger partial charge < -0.3 is 14.2 Å². The zero-order valence-corrected chi connectivity index (χ0v) is 55.3. The van der Waals surface area contributed by atoms with Crippen molar-refractivity contribution in [2.45, 2.75) is 406 Å². The van der Waals surface area contributed by atoms with Crippen LogP contribution in [0.1, 0.15) is 400 Å². The Labute approximate surface area is 511 Å². The van der Waals surface area contributed by atoms with Gasteiger partial charge in [0.25, 0.3) is 0 Å². The topological polar surface area (TPSA) is 78.9 Å². The lowest BCUT2D eigenvalue weighted by molar-refractivity contribution is -0.167. The normalized spacial score (nSPS) is 12.3. The number of hydrogen-bond donors (Lipinski definition) is 0. The summed E-state index contributed by atoms with van der Waals surface area (Å²) in [5.41, 5.74) is 0. The molecule has 0 saturated heterocycles. The molecule has 0 aliphatic carbocycles. The highest BCUT2D eigenvalue weighted by Crippen LogP contribution is 2.19. The fourth-order valence-corrected chi connectivity index (χ4v) is 11.1. The minimum absolute atomic E-state index is 0.0808. The van der Waals surface area contributed by atoms with Crippen molar-refractivity contribution in [3.05, 3.63) is 48.6 Å². The molecule has 6 nitrogen and oxygen atoms in total. The Bertz CT molecular complexity index is 1410. The Morgan fingerprint density at radius 3 is 0.744 bits per heavy atom. The summed E-state index contributed by atoms with van der Waals surface area (Å²) in [4.78, 5) is 38.4. The quantitative estimate of drug-likeness (QED) is 0.0261. The largest absolute Gasteiger partial charge is 0.462 e. The third kappa shape index (κ3) is 68.2. The summed E-state index contributed by atoms with van der Waals surface area (Å²) in [6.07, 6.45) is 90.2. The molecule has 480 valence electrons. The molecule has 0 aromatic heterocycles. The summed E-state index contributed by atoms with van der Waals surface area (Å²) in [5.74, 6) is -0.895. The van der Waals surface area contributed by atoms with E-state index in [-0.39, 0.29) is 31.1 Å². The summed E-state index contributed by atoms with van der Waals surface area (Å²) in [6.45, 7) is 6.57. The molecule has 0 fully saturated rings. The molecule has 6 heteroatoms. The molecule has 0 bridgehead atoms. The lowest BCUT2D eigenvalue weighted by Crippen LogP contribution is -2.30. The highest BCUT2D eigenvalue weighted by Gasteiger charge is 2.19. The van der Waals surface area contributed by atoms with Gasteiger partial charge in [0, 0.05) is 19.3 Å². The van der Waals surface area contributed by atoms with E-state index in [1.165, 1.54) is 276 Å². The van der Waals surface area contributed by atoms with Gasteiger partial charge in [0.1, 0.15) is 13.2 Å². The predicted molar refractivity (Wildman–Crippen MR) is 358 cm³/mol. The first kappa shape index (κ1) is 79.4. The summed E-state index contributed by atoms with van der Waals surface area (Å²) < 4.78 is 17.0. The van der Waals surface area contributed by atoms with E-state index >= 15 is 0 Å². The van der Waals surface area contributed by atoms with Crippen LogP contribution in [0.25, 0.3) is 0 Å². The second kappa shape index (κ2) is 70.9. The maximum Gasteiger partial charge on any atom is 0.306 e. The van der Waals surface area contributed by atoms with E-state index in [1.54, 1.807) is 0 Å². The molecule has 0 heterocycles. The molecule has 0 amide bonds. The molecule has 0 radical (unpaired) electrons. The van der Waals surface area contributed by atoms with Crippen molar-refractivity contribution in [1.29, 1.82) is 0 Å². The van der Waals surface area contributed by atoms with E-state index in [2.05, 4.69) is 69.4 Å². The third-order valence-electron chi connectivity index (χ3n) is 16.6. The highest BCUT2D eigenvalue weighted by atomic mass is 16.6. The van der Waals surface area contributed by atoms with Crippen molar-refractivity contribution < 1.29 is 28.6 Å². The first-order valence-electron chi connectivity index (χ1n) is 36.6. The van der Waals surface area contributed by atoms with Gasteiger partial charge in [-0.05, 0) is 57.8 Å². The average Bonchev–Trinajstić information content (AvgIpc) is 3.47. The number of rotatable bonds is 68. The SMILES string of the molecule is CC/C=C\C/C=C\C/C=C\C/C=C\CCCCC(=O)OCC(COC(=O)CCCCCCCCCCCCCCCCCCCCCCCCCCCCCC)OC(=O)CCCCCCCCCCCCCCCCCCCCCCC. The van der Waals surface area contributed by atoms with Crippen molar-refractivity contribution in [3.63, 3.8) is 0 Å². The second-order valence-corrected chi connectivity index (χ2v) is 24.8. The number of ether oxygens (including phenoxy) is 3. The monoisotopic (exact) mass is 1150 g/mol. The van der Waals surface area contributed by atoms with Crippen LogP contribution < -0.4 is 0 Å². The third-order valence-corrected chi connectivity index (χ3v) is 16.6. The molecule has 0 rings (SSSR count). The standard InChI is InChI=1S/C76H140O6/c1-4-7-10-13-16-19-22-25-28-30-32-34-35-36-37-38-39-40-42-43-45-48-51-54-57-60-63-66-69-75(78)81-72-73(71-80-74(77)68-65-62-59-56-53-50-47-27-24-21-18-15-12-9-6-3)82-76(79)70-67-64-61-58-55-52-49-46-44-41-33-31-29-26-23-20-17-14-11-8-5-2/h9,12,18,21,27,47,53,56,73H,4-8,10-11,13-17,19-20,22-26,28-46,48-52,54-55,57-72H2,1-3H3/b12-9-,21-18-,47-27-,56-53-. The van der Waals surface area contributed by atoms with E-state index in [0.29, 0.717) is 19.3 Å². The number of esters is 3. The Morgan fingerprint density at radius 2 is 0.476 bits per heavy atom. The van der Waals surface area contributed by atoms with Crippen LogP contribution in [0.4, 0.5) is 0 Å². The Hall–Kier alpha value is -2.63.